The molecule has 0 aliphatic rings. The van der Waals surface area contributed by atoms with Crippen molar-refractivity contribution in [2.45, 2.75) is 25.2 Å². The zero-order valence-electron chi connectivity index (χ0n) is 11.8. The van der Waals surface area contributed by atoms with Crippen molar-refractivity contribution in [1.29, 1.82) is 0 Å². The van der Waals surface area contributed by atoms with E-state index >= 15 is 0 Å². The lowest BCUT2D eigenvalue weighted by Crippen LogP contribution is -2.11. The topological polar surface area (TPSA) is 114 Å². The maximum absolute atomic E-state index is 11.1. The molecule has 0 saturated heterocycles. The van der Waals surface area contributed by atoms with Gasteiger partial charge in [0.1, 0.15) is 5.69 Å². The van der Waals surface area contributed by atoms with E-state index in [1.54, 1.807) is 18.3 Å². The zero-order valence-corrected chi connectivity index (χ0v) is 12.6. The number of hydrogen-bond acceptors (Lipinski definition) is 5. The van der Waals surface area contributed by atoms with Crippen molar-refractivity contribution >= 4 is 21.4 Å². The van der Waals surface area contributed by atoms with Crippen LogP contribution in [-0.4, -0.2) is 18.6 Å². The summed E-state index contributed by atoms with van der Waals surface area (Å²) in [6.07, 6.45) is 2.44. The van der Waals surface area contributed by atoms with E-state index in [4.69, 9.17) is 5.14 Å². The van der Waals surface area contributed by atoms with Gasteiger partial charge in [0.15, 0.2) is 0 Å². The SMILES string of the molecule is CC(C)Cc1[nH]ncc1N=Nc1ccc(S(N)(=O)=O)cc1. The van der Waals surface area contributed by atoms with Gasteiger partial charge in [0, 0.05) is 0 Å². The van der Waals surface area contributed by atoms with Crippen molar-refractivity contribution < 1.29 is 8.42 Å². The van der Waals surface area contributed by atoms with E-state index in [9.17, 15) is 8.42 Å². The number of benzene rings is 1. The number of nitrogens with zero attached hydrogens (tertiary/aromatic N) is 3. The average Bonchev–Trinajstić information content (AvgIpc) is 2.82. The van der Waals surface area contributed by atoms with Gasteiger partial charge >= 0.3 is 0 Å². The Kier molecular flexibility index (Phi) is 4.49. The molecule has 1 aromatic carbocycles. The lowest BCUT2D eigenvalue weighted by molar-refractivity contribution is 0.598. The number of hydrogen-bond donors (Lipinski definition) is 2. The minimum atomic E-state index is -3.69. The number of aromatic amines is 1. The van der Waals surface area contributed by atoms with Gasteiger partial charge in [0.2, 0.25) is 10.0 Å². The van der Waals surface area contributed by atoms with Crippen molar-refractivity contribution in [2.24, 2.45) is 21.3 Å². The Hall–Kier alpha value is -2.06. The molecule has 0 aliphatic carbocycles. The van der Waals surface area contributed by atoms with Crippen molar-refractivity contribution in [1.82, 2.24) is 10.2 Å². The number of nitrogens with two attached hydrogens (primary N) is 1. The van der Waals surface area contributed by atoms with Crippen LogP contribution < -0.4 is 5.14 Å². The number of sulfonamides is 1. The Balaban J connectivity index is 2.16. The molecule has 2 aromatic rings. The van der Waals surface area contributed by atoms with E-state index in [1.165, 1.54) is 12.1 Å². The van der Waals surface area contributed by atoms with Crippen LogP contribution in [0.5, 0.6) is 0 Å². The number of H-pyrrole nitrogens is 1. The fraction of sp³-hybridized carbons (Fsp3) is 0.308. The van der Waals surface area contributed by atoms with Crippen molar-refractivity contribution in [3.63, 3.8) is 0 Å². The first-order valence-electron chi connectivity index (χ1n) is 6.43. The Bertz CT molecular complexity index is 732. The predicted octanol–water partition coefficient (Wildman–Crippen LogP) is 2.67. The molecule has 1 aromatic heterocycles. The standard InChI is InChI=1S/C13H17N5O2S/c1-9(2)7-12-13(8-15-17-12)18-16-10-3-5-11(6-4-10)21(14,19)20/h3-6,8-9H,7H2,1-2H3,(H,15,17)(H2,14,19,20). The van der Waals surface area contributed by atoms with Gasteiger partial charge in [-0.15, -0.1) is 5.11 Å². The number of rotatable bonds is 5. The van der Waals surface area contributed by atoms with Crippen LogP contribution in [0.4, 0.5) is 11.4 Å². The molecule has 0 saturated carbocycles. The second-order valence-electron chi connectivity index (χ2n) is 5.07. The van der Waals surface area contributed by atoms with E-state index < -0.39 is 10.0 Å². The van der Waals surface area contributed by atoms with Crippen LogP contribution in [0.25, 0.3) is 0 Å². The van der Waals surface area contributed by atoms with Crippen molar-refractivity contribution in [2.75, 3.05) is 0 Å². The number of primary sulfonamides is 1. The second kappa shape index (κ2) is 6.15. The quantitative estimate of drug-likeness (QED) is 0.827. The second-order valence-corrected chi connectivity index (χ2v) is 6.63. The summed E-state index contributed by atoms with van der Waals surface area (Å²) in [5.41, 5.74) is 2.15. The summed E-state index contributed by atoms with van der Waals surface area (Å²) in [5, 5.41) is 20.1. The molecule has 0 bridgehead atoms. The molecule has 7 nitrogen and oxygen atoms in total. The van der Waals surface area contributed by atoms with Gasteiger partial charge in [-0.3, -0.25) is 5.10 Å². The summed E-state index contributed by atoms with van der Waals surface area (Å²) in [7, 11) is -3.69. The van der Waals surface area contributed by atoms with Gasteiger partial charge in [-0.2, -0.15) is 10.2 Å². The average molecular weight is 307 g/mol. The third-order valence-electron chi connectivity index (χ3n) is 2.75. The maximum atomic E-state index is 11.1. The summed E-state index contributed by atoms with van der Waals surface area (Å²) >= 11 is 0. The number of azo groups is 1. The molecule has 0 aliphatic heterocycles. The van der Waals surface area contributed by atoms with Gasteiger partial charge in [0.05, 0.1) is 22.5 Å². The molecule has 0 spiro atoms. The summed E-state index contributed by atoms with van der Waals surface area (Å²) in [4.78, 5) is 0.0465. The van der Waals surface area contributed by atoms with Gasteiger partial charge in [-0.1, -0.05) is 13.8 Å². The fourth-order valence-corrected chi connectivity index (χ4v) is 2.28. The van der Waals surface area contributed by atoms with E-state index in [1.807, 2.05) is 0 Å². The number of aromatic nitrogens is 2. The van der Waals surface area contributed by atoms with Crippen LogP contribution in [0.2, 0.25) is 0 Å². The largest absolute Gasteiger partial charge is 0.280 e. The Morgan fingerprint density at radius 1 is 1.24 bits per heavy atom. The molecule has 2 rings (SSSR count). The number of nitrogens with one attached hydrogen (secondary N) is 1. The minimum absolute atomic E-state index is 0.0465. The molecule has 1 heterocycles. The van der Waals surface area contributed by atoms with Crippen LogP contribution in [0.1, 0.15) is 19.5 Å². The maximum Gasteiger partial charge on any atom is 0.238 e. The highest BCUT2D eigenvalue weighted by atomic mass is 32.2. The summed E-state index contributed by atoms with van der Waals surface area (Å²) in [6.45, 7) is 4.21. The van der Waals surface area contributed by atoms with Crippen LogP contribution in [0.15, 0.2) is 45.6 Å². The Morgan fingerprint density at radius 3 is 2.48 bits per heavy atom. The smallest absolute Gasteiger partial charge is 0.238 e. The summed E-state index contributed by atoms with van der Waals surface area (Å²) < 4.78 is 22.3. The van der Waals surface area contributed by atoms with Gasteiger partial charge < -0.3 is 0 Å². The summed E-state index contributed by atoms with van der Waals surface area (Å²) in [6, 6.07) is 5.89. The first kappa shape index (κ1) is 15.3. The van der Waals surface area contributed by atoms with Gasteiger partial charge in [0.25, 0.3) is 0 Å². The molecule has 0 radical (unpaired) electrons. The van der Waals surface area contributed by atoms with Crippen LogP contribution >= 0.6 is 0 Å². The zero-order chi connectivity index (χ0) is 15.5. The molecular weight excluding hydrogens is 290 g/mol. The molecule has 0 atom stereocenters. The summed E-state index contributed by atoms with van der Waals surface area (Å²) in [5.74, 6) is 0.480. The van der Waals surface area contributed by atoms with Crippen molar-refractivity contribution in [3.8, 4) is 0 Å². The highest BCUT2D eigenvalue weighted by molar-refractivity contribution is 7.89. The van der Waals surface area contributed by atoms with Gasteiger partial charge in [-0.05, 0) is 36.6 Å². The highest BCUT2D eigenvalue weighted by Gasteiger charge is 2.08. The Morgan fingerprint density at radius 2 is 1.90 bits per heavy atom. The van der Waals surface area contributed by atoms with E-state index in [-0.39, 0.29) is 4.90 Å². The van der Waals surface area contributed by atoms with Crippen LogP contribution in [-0.2, 0) is 16.4 Å². The molecule has 0 unspecified atom stereocenters. The first-order chi connectivity index (χ1) is 9.86. The van der Waals surface area contributed by atoms with Crippen LogP contribution in [0.3, 0.4) is 0 Å². The molecular formula is C13H17N5O2S. The molecule has 0 fully saturated rings. The third-order valence-corrected chi connectivity index (χ3v) is 3.68. The molecule has 8 heteroatoms. The fourth-order valence-electron chi connectivity index (χ4n) is 1.77. The van der Waals surface area contributed by atoms with E-state index in [0.29, 0.717) is 17.3 Å². The van der Waals surface area contributed by atoms with Gasteiger partial charge in [-0.25, -0.2) is 13.6 Å². The van der Waals surface area contributed by atoms with Crippen molar-refractivity contribution in [3.05, 3.63) is 36.2 Å². The monoisotopic (exact) mass is 307 g/mol. The highest BCUT2D eigenvalue weighted by Crippen LogP contribution is 2.23. The van der Waals surface area contributed by atoms with E-state index in [2.05, 4.69) is 34.3 Å². The Labute approximate surface area is 123 Å². The minimum Gasteiger partial charge on any atom is -0.280 e. The molecule has 0 amide bonds. The molecule has 21 heavy (non-hydrogen) atoms. The van der Waals surface area contributed by atoms with Crippen LogP contribution in [0, 0.1) is 5.92 Å². The first-order valence-corrected chi connectivity index (χ1v) is 7.98. The molecule has 112 valence electrons. The lowest BCUT2D eigenvalue weighted by Gasteiger charge is -2.01. The third kappa shape index (κ3) is 4.20. The lowest BCUT2D eigenvalue weighted by atomic mass is 10.1. The normalized spacial score (nSPS) is 12.4. The predicted molar refractivity (Wildman–Crippen MR) is 79.1 cm³/mol. The molecule has 3 N–H and O–H groups in total. The van der Waals surface area contributed by atoms with E-state index in [0.717, 1.165) is 12.1 Å².